The minimum absolute atomic E-state index is 0. The van der Waals surface area contributed by atoms with Crippen LogP contribution in [0.25, 0.3) is 17.3 Å². The molecule has 218 valence electrons. The molecule has 17 heteroatoms. The van der Waals surface area contributed by atoms with Gasteiger partial charge in [-0.15, -0.1) is 30.5 Å². The number of aliphatic hydroxyl groups excluding tert-OH is 3. The molecule has 10 N–H and O–H groups in total. The number of halogens is 1. The molecule has 13 nitrogen and oxygen atoms in total. The Morgan fingerprint density at radius 2 is 1.25 bits per heavy atom. The van der Waals surface area contributed by atoms with Crippen molar-refractivity contribution in [2.24, 2.45) is 10.7 Å². The van der Waals surface area contributed by atoms with E-state index in [9.17, 15) is 14.4 Å². The second kappa shape index (κ2) is 70.5. The molecule has 0 saturated heterocycles. The Hall–Kier alpha value is 0.695. The third-order valence-electron chi connectivity index (χ3n) is 1.55. The molecular formula is C19H45IN6O7W3. The van der Waals surface area contributed by atoms with Crippen molar-refractivity contribution in [3.63, 3.8) is 0 Å². The molecule has 0 fully saturated rings. The fourth-order valence-electron chi connectivity index (χ4n) is 0.337. The van der Waals surface area contributed by atoms with E-state index in [1.807, 2.05) is 0 Å². The van der Waals surface area contributed by atoms with Crippen LogP contribution in [0.2, 0.25) is 0 Å². The number of ketones is 3. The molecule has 0 aliphatic rings. The molecule has 0 aliphatic carbocycles. The van der Waals surface area contributed by atoms with Crippen molar-refractivity contribution in [1.82, 2.24) is 5.32 Å². The van der Waals surface area contributed by atoms with Crippen molar-refractivity contribution >= 4 is 53.8 Å². The first-order chi connectivity index (χ1) is 13.7. The van der Waals surface area contributed by atoms with Crippen LogP contribution in [0.5, 0.6) is 0 Å². The summed E-state index contributed by atoms with van der Waals surface area (Å²) >= 11 is 0. The maximum absolute atomic E-state index is 9.85. The van der Waals surface area contributed by atoms with Crippen LogP contribution in [-0.4, -0.2) is 81.8 Å². The predicted octanol–water partition coefficient (Wildman–Crippen LogP) is 1.41. The number of Topliss-reactive ketones (excluding diaryl/α,β-unsaturated/α-hetero) is 3. The number of carbonyl (C=O) groups excluding carboxylic acids is 3. The SMILES string of the molecule is C.CC(=O)C(O)O.CC(=O)C=[N-].CC(O)C[NH-].I.[CH2-]N.[CH2-]N=CC(C)=O.[CH2-]NCC(C)O.[NH2-].[W+2].[W+2].[W+2]. The van der Waals surface area contributed by atoms with E-state index in [4.69, 9.17) is 31.6 Å². The number of hydrogen-bond acceptors (Lipinski definition) is 10. The summed E-state index contributed by atoms with van der Waals surface area (Å²) in [5, 5.41) is 42.5. The quantitative estimate of drug-likeness (QED) is 0.0972. The van der Waals surface area contributed by atoms with Crippen molar-refractivity contribution < 1.29 is 98.0 Å². The van der Waals surface area contributed by atoms with Crippen molar-refractivity contribution in [1.29, 1.82) is 0 Å². The minimum atomic E-state index is -1.79. The fraction of sp³-hybridized carbons (Fsp3) is 0.579. The van der Waals surface area contributed by atoms with E-state index in [0.717, 1.165) is 6.92 Å². The maximum Gasteiger partial charge on any atom is 2.00 e. The van der Waals surface area contributed by atoms with Crippen molar-refractivity contribution in [3.05, 3.63) is 38.4 Å². The Labute approximate surface area is 277 Å². The molecule has 0 bridgehead atoms. The molecule has 0 aromatic carbocycles. The molecule has 36 heavy (non-hydrogen) atoms. The second-order valence-electron chi connectivity index (χ2n) is 5.00. The van der Waals surface area contributed by atoms with Crippen LogP contribution in [0, 0.1) is 21.1 Å². The molecule has 0 aromatic rings. The summed E-state index contributed by atoms with van der Waals surface area (Å²) in [7, 11) is 9.14. The molecule has 0 heterocycles. The molecule has 0 spiro atoms. The maximum atomic E-state index is 9.85. The van der Waals surface area contributed by atoms with Crippen molar-refractivity contribution in [3.8, 4) is 0 Å². The van der Waals surface area contributed by atoms with E-state index < -0.39 is 18.2 Å². The van der Waals surface area contributed by atoms with Crippen LogP contribution < -0.4 is 11.1 Å². The van der Waals surface area contributed by atoms with Gasteiger partial charge in [0.15, 0.2) is 5.78 Å². The standard InChI is InChI=1S/C4H10NO.C4H6NO.C3H8NO.C3H4NO.C3H6O3.CH4N.CH4.HI.H2N.3W/c2*1-4(6)3-5-2;2*1-3(5)2-4;1-2(4)3(5)6;1-2;;;;;;/h4-6H,2-3H2,1H3;3H,2H2,1H3;3-5H,2H2,1H3;2H,1H3;3,5-6H,1H3;1-2H2;1H4;1H;1H2;;;/q4*-1;;-1;;;-1;3*+2. The van der Waals surface area contributed by atoms with Crippen LogP contribution in [0.15, 0.2) is 4.99 Å². The van der Waals surface area contributed by atoms with E-state index in [-0.39, 0.29) is 125 Å². The summed E-state index contributed by atoms with van der Waals surface area (Å²) in [4.78, 5) is 32.2. The van der Waals surface area contributed by atoms with Gasteiger partial charge in [0, 0.05) is 6.10 Å². The molecule has 0 amide bonds. The molecule has 0 radical (unpaired) electrons. The monoisotopic (exact) mass is 1150 g/mol. The average molecular weight is 1150 g/mol. The zero-order valence-electron chi connectivity index (χ0n) is 20.6. The third-order valence-corrected chi connectivity index (χ3v) is 1.55. The van der Waals surface area contributed by atoms with Gasteiger partial charge in [-0.25, -0.2) is 0 Å². The first-order valence-corrected chi connectivity index (χ1v) is 8.28. The average Bonchev–Trinajstić information content (AvgIpc) is 2.65. The summed E-state index contributed by atoms with van der Waals surface area (Å²) in [6, 6.07) is 0. The van der Waals surface area contributed by atoms with E-state index in [0.29, 0.717) is 12.8 Å². The van der Waals surface area contributed by atoms with Gasteiger partial charge in [-0.3, -0.25) is 23.7 Å². The Morgan fingerprint density at radius 3 is 1.25 bits per heavy atom. The Balaban J connectivity index is -0.0000000189. The third kappa shape index (κ3) is 182. The smallest absolute Gasteiger partial charge is 0.808 e. The first kappa shape index (κ1) is 76.7. The van der Waals surface area contributed by atoms with Gasteiger partial charge in [-0.2, -0.15) is 13.3 Å². The van der Waals surface area contributed by atoms with Crippen LogP contribution in [0.3, 0.4) is 0 Å². The molecule has 0 aliphatic heterocycles. The Kier molecular flexibility index (Phi) is 150. The van der Waals surface area contributed by atoms with Crippen LogP contribution in [0.1, 0.15) is 42.0 Å². The largest absolute Gasteiger partial charge is 2.00 e. The number of carbonyl (C=O) groups is 3. The molecule has 0 aromatic heterocycles. The van der Waals surface area contributed by atoms with Gasteiger partial charge in [-0.1, -0.05) is 13.6 Å². The first-order valence-electron chi connectivity index (χ1n) is 8.28. The minimum Gasteiger partial charge on any atom is -0.808 e. The Morgan fingerprint density at radius 1 is 1.00 bits per heavy atom. The van der Waals surface area contributed by atoms with Crippen LogP contribution in [0.4, 0.5) is 0 Å². The molecular weight excluding hydrogens is 1100 g/mol. The molecule has 0 rings (SSSR count). The van der Waals surface area contributed by atoms with E-state index in [1.54, 1.807) is 13.8 Å². The van der Waals surface area contributed by atoms with Gasteiger partial charge in [0.2, 0.25) is 6.29 Å². The molecule has 2 atom stereocenters. The topological polar surface area (TPSA) is 262 Å². The molecule has 2 unspecified atom stereocenters. The number of nitrogens with two attached hydrogens (primary N) is 2. The van der Waals surface area contributed by atoms with Gasteiger partial charge in [0.25, 0.3) is 0 Å². The molecule has 0 saturated carbocycles. The zero-order valence-corrected chi connectivity index (χ0v) is 31.7. The van der Waals surface area contributed by atoms with Gasteiger partial charge in [0.1, 0.15) is 5.78 Å². The number of rotatable bonds is 6. The van der Waals surface area contributed by atoms with E-state index in [2.05, 4.69) is 37.2 Å². The number of nitrogens with one attached hydrogen (secondary N) is 2. The van der Waals surface area contributed by atoms with Gasteiger partial charge in [-0.05, 0) is 41.2 Å². The summed E-state index contributed by atoms with van der Waals surface area (Å²) in [6.07, 6.45) is -0.817. The van der Waals surface area contributed by atoms with E-state index >= 15 is 0 Å². The number of aliphatic imine (C=N–C) groups is 1. The zero-order chi connectivity index (χ0) is 25.7. The predicted molar refractivity (Wildman–Crippen MR) is 146 cm³/mol. The number of nitrogens with zero attached hydrogens (tertiary/aromatic N) is 2. The van der Waals surface area contributed by atoms with Crippen LogP contribution in [-0.2, 0) is 77.6 Å². The summed E-state index contributed by atoms with van der Waals surface area (Å²) in [6.45, 7) is 7.78. The van der Waals surface area contributed by atoms with Crippen LogP contribution >= 0.6 is 24.0 Å². The van der Waals surface area contributed by atoms with Crippen molar-refractivity contribution in [2.45, 2.75) is 60.5 Å². The fourth-order valence-corrected chi connectivity index (χ4v) is 0.337. The van der Waals surface area contributed by atoms with Gasteiger partial charge >= 0.3 is 63.2 Å². The second-order valence-corrected chi connectivity index (χ2v) is 5.00. The van der Waals surface area contributed by atoms with Gasteiger partial charge < -0.3 is 58.6 Å². The summed E-state index contributed by atoms with van der Waals surface area (Å²) in [5.41, 5.74) is 10.7. The van der Waals surface area contributed by atoms with Gasteiger partial charge in [0.05, 0.1) is 11.9 Å². The Bertz CT molecular complexity index is 440. The summed E-state index contributed by atoms with van der Waals surface area (Å²) < 4.78 is 0. The summed E-state index contributed by atoms with van der Waals surface area (Å²) in [5.74, 6) is -1.01. The van der Waals surface area contributed by atoms with E-state index in [1.165, 1.54) is 20.1 Å². The normalized spacial score (nSPS) is 8.72. The van der Waals surface area contributed by atoms with Crippen molar-refractivity contribution in [2.75, 3.05) is 13.1 Å². The number of hydrogen-bond donors (Lipinski definition) is 6. The number of aliphatic hydroxyl groups is 4.